The van der Waals surface area contributed by atoms with E-state index in [0.717, 1.165) is 5.39 Å². The maximum atomic E-state index is 11.0. The minimum atomic E-state index is -4.18. The Bertz CT molecular complexity index is 626. The van der Waals surface area contributed by atoms with Crippen LogP contribution in [-0.2, 0) is 14.9 Å². The summed E-state index contributed by atoms with van der Waals surface area (Å²) in [5.74, 6) is 0.0326. The number of benzene rings is 2. The molecule has 0 spiro atoms. The van der Waals surface area contributed by atoms with Crippen molar-refractivity contribution in [2.45, 2.75) is 0 Å². The quantitative estimate of drug-likeness (QED) is 0.598. The molecule has 0 N–H and O–H groups in total. The van der Waals surface area contributed by atoms with Gasteiger partial charge in [0.25, 0.3) is 5.62 Å². The van der Waals surface area contributed by atoms with Crippen LogP contribution >= 0.6 is 0 Å². The molecule has 0 atom stereocenters. The third-order valence-electron chi connectivity index (χ3n) is 2.00. The fraction of sp³-hybridized carbons (Fsp3) is 0. The molecule has 0 saturated carbocycles. The first-order valence-electron chi connectivity index (χ1n) is 4.41. The highest BCUT2D eigenvalue weighted by atomic mass is 32.2. The highest BCUT2D eigenvalue weighted by molar-refractivity contribution is 8.00. The minimum absolute atomic E-state index is 0.0326. The van der Waals surface area contributed by atoms with E-state index in [-0.39, 0.29) is 11.4 Å². The van der Waals surface area contributed by atoms with E-state index in [4.69, 9.17) is 0 Å². The van der Waals surface area contributed by atoms with E-state index in [2.05, 4.69) is 10.2 Å². The summed E-state index contributed by atoms with van der Waals surface area (Å²) in [6, 6.07) is 13.0. The molecule has 0 aromatic heterocycles. The average molecular weight is 235 g/mol. The van der Waals surface area contributed by atoms with E-state index >= 15 is 0 Å². The molecule has 0 aliphatic heterocycles. The fourth-order valence-corrected chi connectivity index (χ4v) is 1.75. The van der Waals surface area contributed by atoms with Crippen LogP contribution in [0.25, 0.3) is 10.8 Å². The summed E-state index contributed by atoms with van der Waals surface area (Å²) in [7, 11) is -4.18. The van der Waals surface area contributed by atoms with Gasteiger partial charge in [-0.15, -0.1) is 0 Å². The summed E-state index contributed by atoms with van der Waals surface area (Å²) >= 11 is 0. The first-order chi connectivity index (χ1) is 7.62. The van der Waals surface area contributed by atoms with Gasteiger partial charge in [0.1, 0.15) is 0 Å². The number of fused-ring (bicyclic) bond motifs is 1. The molecule has 16 heavy (non-hydrogen) atoms. The first-order valence-corrected chi connectivity index (χ1v) is 5.88. The molecule has 5 heteroatoms. The summed E-state index contributed by atoms with van der Waals surface area (Å²) in [4.78, 5) is 10.2. The van der Waals surface area contributed by atoms with Crippen LogP contribution in [0.1, 0.15) is 0 Å². The van der Waals surface area contributed by atoms with E-state index in [1.807, 2.05) is 12.1 Å². The van der Waals surface area contributed by atoms with Crippen molar-refractivity contribution in [2.75, 3.05) is 0 Å². The van der Waals surface area contributed by atoms with Gasteiger partial charge in [0.2, 0.25) is 0 Å². The van der Waals surface area contributed by atoms with Gasteiger partial charge in [-0.3, -0.25) is 4.79 Å². The van der Waals surface area contributed by atoms with Gasteiger partial charge in [-0.1, -0.05) is 30.3 Å². The first kappa shape index (κ1) is 10.6. The molecule has 0 unspecified atom stereocenters. The van der Waals surface area contributed by atoms with E-state index in [9.17, 15) is 13.2 Å². The lowest BCUT2D eigenvalue weighted by Crippen LogP contribution is -2.09. The average Bonchev–Trinajstić information content (AvgIpc) is 2.29. The molecule has 2 aromatic rings. The van der Waals surface area contributed by atoms with Crippen molar-refractivity contribution in [1.29, 1.82) is 0 Å². The molecule has 0 aliphatic carbocycles. The van der Waals surface area contributed by atoms with Crippen LogP contribution in [0.2, 0.25) is 0 Å². The summed E-state index contributed by atoms with van der Waals surface area (Å²) in [6.07, 6.45) is 0. The standard InChI is InChI=1S/C11H7O4S/c12-8-16(13,14)15-11-7-3-5-9-4-1-2-6-10(9)11/h1-6,8H. The van der Waals surface area contributed by atoms with Crippen molar-refractivity contribution >= 4 is 26.5 Å². The topological polar surface area (TPSA) is 60.4 Å². The summed E-state index contributed by atoms with van der Waals surface area (Å²) in [5, 5.41) is 1.41. The SMILES string of the molecule is O=CS(=O)(=O)Oc1[c]ccc2ccccc12. The van der Waals surface area contributed by atoms with E-state index in [0.29, 0.717) is 5.39 Å². The normalized spacial score (nSPS) is 11.2. The molecule has 0 bridgehead atoms. The van der Waals surface area contributed by atoms with E-state index in [1.165, 1.54) is 6.07 Å². The van der Waals surface area contributed by atoms with Gasteiger partial charge in [-0.25, -0.2) is 0 Å². The van der Waals surface area contributed by atoms with Crippen LogP contribution in [0, 0.1) is 6.07 Å². The number of hydrogen-bond donors (Lipinski definition) is 0. The van der Waals surface area contributed by atoms with Gasteiger partial charge in [-0.05, 0) is 11.5 Å². The zero-order chi connectivity index (χ0) is 11.6. The zero-order valence-electron chi connectivity index (χ0n) is 8.08. The smallest absolute Gasteiger partial charge is 0.370 e. The van der Waals surface area contributed by atoms with Crippen LogP contribution in [0.3, 0.4) is 0 Å². The van der Waals surface area contributed by atoms with Crippen molar-refractivity contribution in [3.63, 3.8) is 0 Å². The molecule has 0 fully saturated rings. The highest BCUT2D eigenvalue weighted by Gasteiger charge is 2.12. The van der Waals surface area contributed by atoms with Crippen LogP contribution in [0.5, 0.6) is 5.75 Å². The summed E-state index contributed by atoms with van der Waals surface area (Å²) in [6.45, 7) is 0. The van der Waals surface area contributed by atoms with Crippen molar-refractivity contribution in [3.05, 3.63) is 42.5 Å². The van der Waals surface area contributed by atoms with Crippen molar-refractivity contribution in [3.8, 4) is 5.75 Å². The zero-order valence-corrected chi connectivity index (χ0v) is 8.90. The van der Waals surface area contributed by atoms with Crippen LogP contribution < -0.4 is 4.18 Å². The number of rotatable bonds is 3. The summed E-state index contributed by atoms with van der Waals surface area (Å²) < 4.78 is 26.6. The van der Waals surface area contributed by atoms with Gasteiger partial charge in [0, 0.05) is 11.5 Å². The Balaban J connectivity index is 2.57. The fourth-order valence-electron chi connectivity index (χ4n) is 1.34. The van der Waals surface area contributed by atoms with Gasteiger partial charge < -0.3 is 4.18 Å². The third-order valence-corrected chi connectivity index (χ3v) is 2.63. The van der Waals surface area contributed by atoms with Gasteiger partial charge in [0.05, 0.1) is 0 Å². The maximum absolute atomic E-state index is 11.0. The van der Waals surface area contributed by atoms with E-state index < -0.39 is 10.1 Å². The lowest BCUT2D eigenvalue weighted by molar-refractivity contribution is 0.491. The highest BCUT2D eigenvalue weighted by Crippen LogP contribution is 2.25. The molecule has 0 amide bonds. The third kappa shape index (κ3) is 2.04. The molecule has 4 nitrogen and oxygen atoms in total. The predicted molar refractivity (Wildman–Crippen MR) is 59.1 cm³/mol. The molecular formula is C11H7O4S. The number of carbonyl (C=O) groups is 1. The van der Waals surface area contributed by atoms with Crippen molar-refractivity contribution in [1.82, 2.24) is 0 Å². The molecular weight excluding hydrogens is 228 g/mol. The molecule has 0 heterocycles. The largest absolute Gasteiger partial charge is 0.376 e. The Hall–Kier alpha value is -1.88. The van der Waals surface area contributed by atoms with Crippen LogP contribution in [-0.4, -0.2) is 14.0 Å². The predicted octanol–water partition coefficient (Wildman–Crippen LogP) is 1.54. The van der Waals surface area contributed by atoms with Crippen LogP contribution in [0.15, 0.2) is 36.4 Å². The maximum Gasteiger partial charge on any atom is 0.370 e. The lowest BCUT2D eigenvalue weighted by Gasteiger charge is -2.04. The Morgan fingerprint density at radius 3 is 2.69 bits per heavy atom. The van der Waals surface area contributed by atoms with Gasteiger partial charge in [0.15, 0.2) is 5.75 Å². The lowest BCUT2D eigenvalue weighted by atomic mass is 10.1. The Kier molecular flexibility index (Phi) is 2.62. The molecule has 2 aromatic carbocycles. The van der Waals surface area contributed by atoms with Gasteiger partial charge in [-0.2, -0.15) is 8.42 Å². The summed E-state index contributed by atoms with van der Waals surface area (Å²) in [5.41, 5.74) is -0.234. The molecule has 0 saturated heterocycles. The number of carbonyl (C=O) groups excluding carboxylic acids is 1. The Morgan fingerprint density at radius 1 is 1.19 bits per heavy atom. The molecule has 81 valence electrons. The molecule has 0 aliphatic rings. The minimum Gasteiger partial charge on any atom is -0.376 e. The Morgan fingerprint density at radius 2 is 1.94 bits per heavy atom. The monoisotopic (exact) mass is 235 g/mol. The second kappa shape index (κ2) is 3.94. The van der Waals surface area contributed by atoms with Gasteiger partial charge >= 0.3 is 10.1 Å². The molecule has 1 radical (unpaired) electrons. The van der Waals surface area contributed by atoms with Crippen molar-refractivity contribution < 1.29 is 17.4 Å². The van der Waals surface area contributed by atoms with E-state index in [1.54, 1.807) is 18.2 Å². The molecule has 2 rings (SSSR count). The second-order valence-electron chi connectivity index (χ2n) is 3.07. The Labute approximate surface area is 92.6 Å². The van der Waals surface area contributed by atoms with Crippen LogP contribution in [0.4, 0.5) is 0 Å². The second-order valence-corrected chi connectivity index (χ2v) is 4.41. The number of hydrogen-bond acceptors (Lipinski definition) is 4. The van der Waals surface area contributed by atoms with Crippen molar-refractivity contribution in [2.24, 2.45) is 0 Å².